The van der Waals surface area contributed by atoms with Crippen molar-refractivity contribution in [3.8, 4) is 22.3 Å². The highest BCUT2D eigenvalue weighted by Crippen LogP contribution is 2.39. The molecular weight excluding hydrogens is 300 g/mol. The van der Waals surface area contributed by atoms with Gasteiger partial charge in [-0.05, 0) is 44.5 Å². The first kappa shape index (κ1) is 15.7. The van der Waals surface area contributed by atoms with E-state index in [0.717, 1.165) is 0 Å². The van der Waals surface area contributed by atoms with Gasteiger partial charge in [-0.25, -0.2) is 0 Å². The molecule has 0 saturated carbocycles. The average molecular weight is 322 g/mol. The lowest BCUT2D eigenvalue weighted by Gasteiger charge is -2.16. The van der Waals surface area contributed by atoms with Crippen molar-refractivity contribution in [3.05, 3.63) is 96.6 Å². The number of fused-ring (bicyclic) bond motifs is 1. The largest absolute Gasteiger partial charge is 0.0622 e. The number of hydrogen-bond donors (Lipinski definition) is 0. The lowest BCUT2D eigenvalue weighted by atomic mass is 9.88. The van der Waals surface area contributed by atoms with Crippen molar-refractivity contribution in [2.24, 2.45) is 0 Å². The third-order valence-electron chi connectivity index (χ3n) is 4.86. The summed E-state index contributed by atoms with van der Waals surface area (Å²) in [7, 11) is 0. The maximum Gasteiger partial charge on any atom is -0.00267 e. The van der Waals surface area contributed by atoms with Crippen LogP contribution in [0.3, 0.4) is 0 Å². The highest BCUT2D eigenvalue weighted by atomic mass is 14.2. The molecule has 0 unspecified atom stereocenters. The predicted molar refractivity (Wildman–Crippen MR) is 109 cm³/mol. The fourth-order valence-electron chi connectivity index (χ4n) is 3.47. The second-order valence-corrected chi connectivity index (χ2v) is 6.86. The van der Waals surface area contributed by atoms with Crippen LogP contribution >= 0.6 is 0 Å². The Labute approximate surface area is 149 Å². The van der Waals surface area contributed by atoms with E-state index < -0.39 is 0 Å². The van der Waals surface area contributed by atoms with Crippen LogP contribution in [-0.4, -0.2) is 0 Å². The third-order valence-corrected chi connectivity index (χ3v) is 4.86. The molecule has 0 aliphatic rings. The van der Waals surface area contributed by atoms with Crippen LogP contribution in [0.5, 0.6) is 0 Å². The molecule has 0 heteroatoms. The van der Waals surface area contributed by atoms with Gasteiger partial charge >= 0.3 is 0 Å². The Kier molecular flexibility index (Phi) is 4.11. The van der Waals surface area contributed by atoms with Gasteiger partial charge in [0.1, 0.15) is 0 Å². The lowest BCUT2D eigenvalue weighted by molar-refractivity contribution is 0.869. The van der Waals surface area contributed by atoms with Crippen molar-refractivity contribution in [1.29, 1.82) is 0 Å². The first-order chi connectivity index (χ1) is 12.2. The maximum absolute atomic E-state index is 2.37. The van der Waals surface area contributed by atoms with Gasteiger partial charge in [0.25, 0.3) is 0 Å². The zero-order valence-corrected chi connectivity index (χ0v) is 14.7. The summed E-state index contributed by atoms with van der Waals surface area (Å²) in [4.78, 5) is 0. The first-order valence-electron chi connectivity index (χ1n) is 8.91. The van der Waals surface area contributed by atoms with Gasteiger partial charge in [-0.3, -0.25) is 0 Å². The van der Waals surface area contributed by atoms with Gasteiger partial charge in [0.05, 0.1) is 0 Å². The average Bonchev–Trinajstić information content (AvgIpc) is 2.68. The number of hydrogen-bond acceptors (Lipinski definition) is 0. The molecule has 0 amide bonds. The normalized spacial score (nSPS) is 11.2. The second-order valence-electron chi connectivity index (χ2n) is 6.86. The SMILES string of the molecule is CC(C)c1ccc2ccc(-c3ccccc3)c(-c3ccccc3)c2c1. The van der Waals surface area contributed by atoms with E-state index in [1.807, 2.05) is 0 Å². The van der Waals surface area contributed by atoms with Crippen molar-refractivity contribution in [1.82, 2.24) is 0 Å². The van der Waals surface area contributed by atoms with Gasteiger partial charge in [0, 0.05) is 0 Å². The molecule has 4 aromatic rings. The monoisotopic (exact) mass is 322 g/mol. The van der Waals surface area contributed by atoms with E-state index in [4.69, 9.17) is 0 Å². The van der Waals surface area contributed by atoms with E-state index in [0.29, 0.717) is 5.92 Å². The molecule has 4 aromatic carbocycles. The fraction of sp³-hybridized carbons (Fsp3) is 0.120. The summed E-state index contributed by atoms with van der Waals surface area (Å²) in [6.07, 6.45) is 0. The molecular formula is C25H22. The summed E-state index contributed by atoms with van der Waals surface area (Å²) < 4.78 is 0. The van der Waals surface area contributed by atoms with E-state index in [-0.39, 0.29) is 0 Å². The Balaban J connectivity index is 2.08. The Hall–Kier alpha value is -2.86. The van der Waals surface area contributed by atoms with Crippen LogP contribution in [-0.2, 0) is 0 Å². The van der Waals surface area contributed by atoms with E-state index in [1.54, 1.807) is 0 Å². The van der Waals surface area contributed by atoms with Crippen LogP contribution in [0.2, 0.25) is 0 Å². The molecule has 0 atom stereocenters. The van der Waals surface area contributed by atoms with Crippen molar-refractivity contribution < 1.29 is 0 Å². The maximum atomic E-state index is 2.37. The molecule has 4 rings (SSSR count). The summed E-state index contributed by atoms with van der Waals surface area (Å²) >= 11 is 0. The minimum Gasteiger partial charge on any atom is -0.0622 e. The zero-order valence-electron chi connectivity index (χ0n) is 14.7. The highest BCUT2D eigenvalue weighted by molar-refractivity contribution is 6.04. The van der Waals surface area contributed by atoms with E-state index >= 15 is 0 Å². The standard InChI is InChI=1S/C25H22/c1-18(2)22-14-13-20-15-16-23(19-9-5-3-6-10-19)25(24(20)17-22)21-11-7-4-8-12-21/h3-18H,1-2H3. The molecule has 122 valence electrons. The van der Waals surface area contributed by atoms with Gasteiger partial charge in [-0.2, -0.15) is 0 Å². The molecule has 0 aliphatic heterocycles. The van der Waals surface area contributed by atoms with E-state index in [2.05, 4.69) is 105 Å². The Morgan fingerprint density at radius 2 is 1.20 bits per heavy atom. The summed E-state index contributed by atoms with van der Waals surface area (Å²) in [5.41, 5.74) is 6.54. The Morgan fingerprint density at radius 3 is 1.84 bits per heavy atom. The van der Waals surface area contributed by atoms with Gasteiger partial charge in [-0.15, -0.1) is 0 Å². The molecule has 0 fully saturated rings. The predicted octanol–water partition coefficient (Wildman–Crippen LogP) is 7.30. The number of rotatable bonds is 3. The smallest absolute Gasteiger partial charge is 0.00267 e. The van der Waals surface area contributed by atoms with Crippen LogP contribution in [0, 0.1) is 0 Å². The molecule has 25 heavy (non-hydrogen) atoms. The highest BCUT2D eigenvalue weighted by Gasteiger charge is 2.12. The zero-order chi connectivity index (χ0) is 17.2. The molecule has 0 saturated heterocycles. The van der Waals surface area contributed by atoms with Crippen LogP contribution in [0.1, 0.15) is 25.3 Å². The first-order valence-corrected chi connectivity index (χ1v) is 8.91. The summed E-state index contributed by atoms with van der Waals surface area (Å²) in [5, 5.41) is 2.63. The molecule has 0 aromatic heterocycles. The molecule has 0 spiro atoms. The van der Waals surface area contributed by atoms with E-state index in [9.17, 15) is 0 Å². The summed E-state index contributed by atoms with van der Waals surface area (Å²) in [5.74, 6) is 0.522. The van der Waals surface area contributed by atoms with Crippen LogP contribution in [0.15, 0.2) is 91.0 Å². The molecule has 0 radical (unpaired) electrons. The van der Waals surface area contributed by atoms with Crippen LogP contribution in [0.25, 0.3) is 33.0 Å². The molecule has 0 heterocycles. The summed E-state index contributed by atoms with van der Waals surface area (Å²) in [6, 6.07) is 32.8. The van der Waals surface area contributed by atoms with Crippen molar-refractivity contribution >= 4 is 10.8 Å². The molecule has 0 N–H and O–H groups in total. The Bertz CT molecular complexity index is 996. The Morgan fingerprint density at radius 1 is 0.600 bits per heavy atom. The number of benzene rings is 4. The van der Waals surface area contributed by atoms with Crippen LogP contribution in [0.4, 0.5) is 0 Å². The fourth-order valence-corrected chi connectivity index (χ4v) is 3.47. The van der Waals surface area contributed by atoms with Crippen molar-refractivity contribution in [2.75, 3.05) is 0 Å². The van der Waals surface area contributed by atoms with E-state index in [1.165, 1.54) is 38.6 Å². The quantitative estimate of drug-likeness (QED) is 0.371. The van der Waals surface area contributed by atoms with Gasteiger partial charge < -0.3 is 0 Å². The third kappa shape index (κ3) is 2.96. The van der Waals surface area contributed by atoms with Crippen molar-refractivity contribution in [3.63, 3.8) is 0 Å². The molecule has 0 aliphatic carbocycles. The van der Waals surface area contributed by atoms with Gasteiger partial charge in [0.2, 0.25) is 0 Å². The topological polar surface area (TPSA) is 0 Å². The summed E-state index contributed by atoms with van der Waals surface area (Å²) in [6.45, 7) is 4.51. The van der Waals surface area contributed by atoms with Crippen molar-refractivity contribution in [2.45, 2.75) is 19.8 Å². The minimum absolute atomic E-state index is 0.522. The van der Waals surface area contributed by atoms with Crippen LogP contribution < -0.4 is 0 Å². The van der Waals surface area contributed by atoms with Gasteiger partial charge in [0.15, 0.2) is 0 Å². The minimum atomic E-state index is 0.522. The second kappa shape index (κ2) is 6.57. The van der Waals surface area contributed by atoms with Gasteiger partial charge in [-0.1, -0.05) is 105 Å². The molecule has 0 nitrogen and oxygen atoms in total. The molecule has 0 bridgehead atoms. The lowest BCUT2D eigenvalue weighted by Crippen LogP contribution is -1.91.